The maximum Gasteiger partial charge on any atom is 0.338 e. The SMILES string of the molecule is O=C(O)c1cccc(-c2[nH]cnc2-c2cc[nH]c(=O)c2)c1F. The number of hydrogen-bond acceptors (Lipinski definition) is 3. The van der Waals surface area contributed by atoms with Crippen molar-refractivity contribution in [3.8, 4) is 22.5 Å². The van der Waals surface area contributed by atoms with Crippen LogP contribution in [0.5, 0.6) is 0 Å². The summed E-state index contributed by atoms with van der Waals surface area (Å²) in [7, 11) is 0. The van der Waals surface area contributed by atoms with Crippen LogP contribution in [0.4, 0.5) is 4.39 Å². The zero-order chi connectivity index (χ0) is 15.7. The number of pyridine rings is 1. The highest BCUT2D eigenvalue weighted by molar-refractivity contribution is 5.90. The molecule has 3 N–H and O–H groups in total. The molecule has 3 aromatic rings. The normalized spacial score (nSPS) is 10.6. The Kier molecular flexibility index (Phi) is 3.30. The molecule has 0 amide bonds. The van der Waals surface area contributed by atoms with E-state index in [-0.39, 0.29) is 11.1 Å². The first kappa shape index (κ1) is 13.7. The molecule has 0 aliphatic rings. The summed E-state index contributed by atoms with van der Waals surface area (Å²) in [6, 6.07) is 7.04. The Labute approximate surface area is 123 Å². The number of hydrogen-bond donors (Lipinski definition) is 3. The molecule has 0 radical (unpaired) electrons. The first-order chi connectivity index (χ1) is 10.6. The van der Waals surface area contributed by atoms with E-state index in [4.69, 9.17) is 5.11 Å². The lowest BCUT2D eigenvalue weighted by molar-refractivity contribution is 0.0692. The summed E-state index contributed by atoms with van der Waals surface area (Å²) in [6.45, 7) is 0. The molecule has 110 valence electrons. The fourth-order valence-electron chi connectivity index (χ4n) is 2.20. The molecule has 0 fully saturated rings. The fraction of sp³-hybridized carbons (Fsp3) is 0. The standard InChI is InChI=1S/C15H10FN3O3/c16-12-9(2-1-3-10(12)15(21)22)14-13(18-7-19-14)8-4-5-17-11(20)6-8/h1-7H,(H,17,20)(H,18,19)(H,21,22). The van der Waals surface area contributed by atoms with Gasteiger partial charge < -0.3 is 15.1 Å². The number of aromatic amines is 2. The highest BCUT2D eigenvalue weighted by atomic mass is 19.1. The molecule has 2 aromatic heterocycles. The van der Waals surface area contributed by atoms with Crippen molar-refractivity contribution in [3.05, 3.63) is 64.6 Å². The third-order valence-electron chi connectivity index (χ3n) is 3.19. The highest BCUT2D eigenvalue weighted by Gasteiger charge is 2.19. The van der Waals surface area contributed by atoms with Crippen LogP contribution >= 0.6 is 0 Å². The van der Waals surface area contributed by atoms with Crippen molar-refractivity contribution in [2.24, 2.45) is 0 Å². The van der Waals surface area contributed by atoms with Gasteiger partial charge >= 0.3 is 5.97 Å². The lowest BCUT2D eigenvalue weighted by atomic mass is 10.0. The molecule has 0 saturated heterocycles. The van der Waals surface area contributed by atoms with Gasteiger partial charge in [0.05, 0.1) is 23.3 Å². The van der Waals surface area contributed by atoms with E-state index in [2.05, 4.69) is 15.0 Å². The van der Waals surface area contributed by atoms with Gasteiger partial charge in [-0.15, -0.1) is 0 Å². The van der Waals surface area contributed by atoms with Gasteiger partial charge in [-0.25, -0.2) is 14.2 Å². The van der Waals surface area contributed by atoms with Crippen molar-refractivity contribution in [1.29, 1.82) is 0 Å². The van der Waals surface area contributed by atoms with E-state index in [1.54, 1.807) is 6.07 Å². The third-order valence-corrected chi connectivity index (χ3v) is 3.19. The van der Waals surface area contributed by atoms with Crippen LogP contribution in [-0.2, 0) is 0 Å². The van der Waals surface area contributed by atoms with Gasteiger partial charge in [-0.3, -0.25) is 4.79 Å². The van der Waals surface area contributed by atoms with Gasteiger partial charge in [0.2, 0.25) is 5.56 Å². The van der Waals surface area contributed by atoms with Gasteiger partial charge in [-0.1, -0.05) is 6.07 Å². The molecular formula is C15H10FN3O3. The van der Waals surface area contributed by atoms with Crippen molar-refractivity contribution in [2.75, 3.05) is 0 Å². The van der Waals surface area contributed by atoms with Crippen LogP contribution in [0.1, 0.15) is 10.4 Å². The predicted molar refractivity (Wildman–Crippen MR) is 77.0 cm³/mol. The number of carboxylic acid groups (broad SMARTS) is 1. The lowest BCUT2D eigenvalue weighted by Gasteiger charge is -2.06. The number of benzene rings is 1. The summed E-state index contributed by atoms with van der Waals surface area (Å²) >= 11 is 0. The van der Waals surface area contributed by atoms with Crippen LogP contribution in [0.3, 0.4) is 0 Å². The number of imidazole rings is 1. The summed E-state index contributed by atoms with van der Waals surface area (Å²) in [6.07, 6.45) is 2.82. The van der Waals surface area contributed by atoms with E-state index in [1.807, 2.05) is 0 Å². The van der Waals surface area contributed by atoms with Crippen molar-refractivity contribution < 1.29 is 14.3 Å². The van der Waals surface area contributed by atoms with Gasteiger partial charge in [0.1, 0.15) is 5.82 Å². The smallest absolute Gasteiger partial charge is 0.338 e. The number of halogens is 1. The Morgan fingerprint density at radius 3 is 2.77 bits per heavy atom. The monoisotopic (exact) mass is 299 g/mol. The zero-order valence-corrected chi connectivity index (χ0v) is 11.1. The summed E-state index contributed by atoms with van der Waals surface area (Å²) in [5.74, 6) is -2.21. The van der Waals surface area contributed by atoms with E-state index in [9.17, 15) is 14.0 Å². The number of carboxylic acids is 1. The average molecular weight is 299 g/mol. The van der Waals surface area contributed by atoms with Crippen LogP contribution in [0.25, 0.3) is 22.5 Å². The molecule has 0 bridgehead atoms. The number of H-pyrrole nitrogens is 2. The molecule has 1 aromatic carbocycles. The number of nitrogens with zero attached hydrogens (tertiary/aromatic N) is 1. The van der Waals surface area contributed by atoms with Crippen LogP contribution in [0.15, 0.2) is 47.7 Å². The highest BCUT2D eigenvalue weighted by Crippen LogP contribution is 2.31. The lowest BCUT2D eigenvalue weighted by Crippen LogP contribution is -2.04. The Bertz CT molecular complexity index is 914. The summed E-state index contributed by atoms with van der Waals surface area (Å²) in [4.78, 5) is 31.8. The number of nitrogens with one attached hydrogen (secondary N) is 2. The summed E-state index contributed by atoms with van der Waals surface area (Å²) < 4.78 is 14.4. The minimum absolute atomic E-state index is 0.0766. The quantitative estimate of drug-likeness (QED) is 0.690. The molecule has 0 unspecified atom stereocenters. The molecule has 2 heterocycles. The van der Waals surface area contributed by atoms with Crippen molar-refractivity contribution >= 4 is 5.97 Å². The molecule has 0 saturated carbocycles. The molecule has 22 heavy (non-hydrogen) atoms. The van der Waals surface area contributed by atoms with Gasteiger partial charge in [-0.05, 0) is 18.2 Å². The first-order valence-corrected chi connectivity index (χ1v) is 6.32. The molecule has 0 aliphatic carbocycles. The van der Waals surface area contributed by atoms with Gasteiger partial charge in [0.15, 0.2) is 0 Å². The molecule has 0 aliphatic heterocycles. The van der Waals surface area contributed by atoms with E-state index in [0.717, 1.165) is 0 Å². The van der Waals surface area contributed by atoms with Gasteiger partial charge in [0, 0.05) is 23.4 Å². The zero-order valence-electron chi connectivity index (χ0n) is 11.1. The van der Waals surface area contributed by atoms with E-state index < -0.39 is 17.3 Å². The van der Waals surface area contributed by atoms with E-state index in [0.29, 0.717) is 17.0 Å². The van der Waals surface area contributed by atoms with Gasteiger partial charge in [-0.2, -0.15) is 0 Å². The number of aromatic nitrogens is 3. The maximum absolute atomic E-state index is 14.4. The third kappa shape index (κ3) is 2.28. The molecule has 6 nitrogen and oxygen atoms in total. The van der Waals surface area contributed by atoms with Crippen LogP contribution in [-0.4, -0.2) is 26.0 Å². The van der Waals surface area contributed by atoms with E-state index >= 15 is 0 Å². The maximum atomic E-state index is 14.4. The molecule has 0 atom stereocenters. The van der Waals surface area contributed by atoms with Gasteiger partial charge in [0.25, 0.3) is 0 Å². The van der Waals surface area contributed by atoms with Crippen molar-refractivity contribution in [1.82, 2.24) is 15.0 Å². The average Bonchev–Trinajstić information content (AvgIpc) is 2.96. The molecule has 3 rings (SSSR count). The van der Waals surface area contributed by atoms with Crippen molar-refractivity contribution in [3.63, 3.8) is 0 Å². The number of carbonyl (C=O) groups is 1. The minimum Gasteiger partial charge on any atom is -0.478 e. The summed E-state index contributed by atoms with van der Waals surface area (Å²) in [5.41, 5.74) is 0.515. The summed E-state index contributed by atoms with van der Waals surface area (Å²) in [5, 5.41) is 9.00. The molecule has 7 heteroatoms. The Morgan fingerprint density at radius 2 is 2.05 bits per heavy atom. The number of rotatable bonds is 3. The van der Waals surface area contributed by atoms with Crippen molar-refractivity contribution in [2.45, 2.75) is 0 Å². The Hall–Kier alpha value is -3.22. The predicted octanol–water partition coefficient (Wildman–Crippen LogP) is 2.27. The van der Waals surface area contributed by atoms with Crippen LogP contribution in [0, 0.1) is 5.82 Å². The minimum atomic E-state index is -1.35. The first-order valence-electron chi connectivity index (χ1n) is 6.32. The second-order valence-electron chi connectivity index (χ2n) is 4.54. The fourth-order valence-corrected chi connectivity index (χ4v) is 2.20. The van der Waals surface area contributed by atoms with E-state index in [1.165, 1.54) is 36.8 Å². The van der Waals surface area contributed by atoms with Crippen LogP contribution < -0.4 is 5.56 Å². The largest absolute Gasteiger partial charge is 0.478 e. The second-order valence-corrected chi connectivity index (χ2v) is 4.54. The van der Waals surface area contributed by atoms with Crippen LogP contribution in [0.2, 0.25) is 0 Å². The Morgan fingerprint density at radius 1 is 1.23 bits per heavy atom. The number of aromatic carboxylic acids is 1. The molecular weight excluding hydrogens is 289 g/mol. The Balaban J connectivity index is 2.20. The second kappa shape index (κ2) is 5.28. The molecule has 0 spiro atoms. The topological polar surface area (TPSA) is 98.8 Å².